The second kappa shape index (κ2) is 8.06. The van der Waals surface area contributed by atoms with Gasteiger partial charge in [-0.05, 0) is 33.6 Å². The molecule has 1 aliphatic carbocycles. The predicted molar refractivity (Wildman–Crippen MR) is 104 cm³/mol. The van der Waals surface area contributed by atoms with Crippen molar-refractivity contribution in [3.63, 3.8) is 0 Å². The fraction of sp³-hybridized carbons (Fsp3) is 0.765. The highest BCUT2D eigenvalue weighted by molar-refractivity contribution is 7.99. The van der Waals surface area contributed by atoms with Crippen LogP contribution in [0.25, 0.3) is 0 Å². The number of fused-ring (bicyclic) bond motifs is 1. The lowest BCUT2D eigenvalue weighted by Crippen LogP contribution is -2.35. The Morgan fingerprint density at radius 1 is 1.31 bits per heavy atom. The molecule has 26 heavy (non-hydrogen) atoms. The molecule has 2 aliphatic rings. The third kappa shape index (κ3) is 4.20. The van der Waals surface area contributed by atoms with Crippen molar-refractivity contribution in [3.8, 4) is 0 Å². The van der Waals surface area contributed by atoms with Crippen molar-refractivity contribution < 1.29 is 14.2 Å². The van der Waals surface area contributed by atoms with Crippen LogP contribution in [-0.4, -0.2) is 52.5 Å². The molecule has 7 nitrogen and oxygen atoms in total. The number of aromatic nitrogens is 2. The second-order valence-corrected chi connectivity index (χ2v) is 8.37. The molecule has 3 N–H and O–H groups in total. The standard InChI is InChI=1S/C17H27ClN4O3S/c1-5-7-26-16-21-14(18)11(19)15(22-16)20-9-8-10(23-6-2)13-12(9)24-17(3,4)25-13/h9-10,12-13H,5-8,19H2,1-4H3,(H,20,21,22)/t9-,10+,12+,13-/m1/s1. The van der Waals surface area contributed by atoms with Crippen LogP contribution in [0, 0.1) is 0 Å². The van der Waals surface area contributed by atoms with E-state index in [9.17, 15) is 0 Å². The zero-order valence-electron chi connectivity index (χ0n) is 15.6. The molecule has 146 valence electrons. The number of halogens is 1. The molecule has 0 spiro atoms. The average molecular weight is 403 g/mol. The van der Waals surface area contributed by atoms with E-state index < -0.39 is 5.79 Å². The summed E-state index contributed by atoms with van der Waals surface area (Å²) in [5, 5.41) is 4.29. The molecule has 0 amide bonds. The van der Waals surface area contributed by atoms with Crippen molar-refractivity contribution in [1.82, 2.24) is 9.97 Å². The topological polar surface area (TPSA) is 91.5 Å². The number of nitrogens with one attached hydrogen (secondary N) is 1. The van der Waals surface area contributed by atoms with Gasteiger partial charge in [-0.1, -0.05) is 30.3 Å². The molecule has 1 aromatic rings. The highest BCUT2D eigenvalue weighted by Gasteiger charge is 2.54. The molecule has 1 saturated heterocycles. The van der Waals surface area contributed by atoms with Crippen molar-refractivity contribution in [3.05, 3.63) is 5.15 Å². The average Bonchev–Trinajstić information content (AvgIpc) is 3.05. The minimum absolute atomic E-state index is 0.0308. The van der Waals surface area contributed by atoms with Crippen molar-refractivity contribution in [2.45, 2.75) is 75.8 Å². The Balaban J connectivity index is 1.80. The Morgan fingerprint density at radius 3 is 2.73 bits per heavy atom. The van der Waals surface area contributed by atoms with E-state index in [0.29, 0.717) is 23.3 Å². The first-order valence-corrected chi connectivity index (χ1v) is 10.4. The Kier molecular flexibility index (Phi) is 6.18. The van der Waals surface area contributed by atoms with E-state index in [1.54, 1.807) is 11.8 Å². The highest BCUT2D eigenvalue weighted by atomic mass is 35.5. The third-order valence-corrected chi connectivity index (χ3v) is 5.77. The summed E-state index contributed by atoms with van der Waals surface area (Å²) >= 11 is 7.77. The van der Waals surface area contributed by atoms with E-state index in [2.05, 4.69) is 22.2 Å². The zero-order valence-corrected chi connectivity index (χ0v) is 17.2. The fourth-order valence-electron chi connectivity index (χ4n) is 3.42. The van der Waals surface area contributed by atoms with E-state index in [1.165, 1.54) is 0 Å². The Hall–Kier alpha value is -0.800. The van der Waals surface area contributed by atoms with E-state index in [1.807, 2.05) is 20.8 Å². The maximum Gasteiger partial charge on any atom is 0.191 e. The molecule has 2 fully saturated rings. The lowest BCUT2D eigenvalue weighted by molar-refractivity contribution is -0.166. The summed E-state index contributed by atoms with van der Waals surface area (Å²) in [5.41, 5.74) is 6.46. The molecule has 2 heterocycles. The Morgan fingerprint density at radius 2 is 2.04 bits per heavy atom. The molecule has 4 atom stereocenters. The lowest BCUT2D eigenvalue weighted by Gasteiger charge is -2.24. The molecular formula is C17H27ClN4O3S. The van der Waals surface area contributed by atoms with E-state index >= 15 is 0 Å². The van der Waals surface area contributed by atoms with Gasteiger partial charge in [-0.2, -0.15) is 0 Å². The highest BCUT2D eigenvalue weighted by Crippen LogP contribution is 2.41. The molecule has 0 aromatic carbocycles. The van der Waals surface area contributed by atoms with Crippen LogP contribution in [0.1, 0.15) is 40.5 Å². The van der Waals surface area contributed by atoms with Gasteiger partial charge in [-0.25, -0.2) is 9.97 Å². The van der Waals surface area contributed by atoms with Gasteiger partial charge in [0.05, 0.1) is 12.1 Å². The molecule has 0 unspecified atom stereocenters. The van der Waals surface area contributed by atoms with Gasteiger partial charge < -0.3 is 25.3 Å². The van der Waals surface area contributed by atoms with E-state index in [0.717, 1.165) is 18.6 Å². The SMILES string of the molecule is CCCSc1nc(Cl)c(N)c(N[C@@H]2C[C@H](OCC)[C@H]3OC(C)(C)O[C@H]32)n1. The number of nitrogen functional groups attached to an aromatic ring is 1. The first kappa shape index (κ1) is 19.9. The van der Waals surface area contributed by atoms with Gasteiger partial charge in [0.2, 0.25) is 0 Å². The maximum atomic E-state index is 6.21. The van der Waals surface area contributed by atoms with Crippen molar-refractivity contribution in [2.24, 2.45) is 0 Å². The van der Waals surface area contributed by atoms with Crippen LogP contribution in [0.5, 0.6) is 0 Å². The first-order chi connectivity index (χ1) is 12.3. The summed E-state index contributed by atoms with van der Waals surface area (Å²) in [4.78, 5) is 8.80. The summed E-state index contributed by atoms with van der Waals surface area (Å²) < 4.78 is 18.0. The Labute approximate surface area is 163 Å². The van der Waals surface area contributed by atoms with Gasteiger partial charge >= 0.3 is 0 Å². The molecule has 3 rings (SSSR count). The summed E-state index contributed by atoms with van der Waals surface area (Å²) in [6.45, 7) is 8.55. The number of nitrogens with zero attached hydrogens (tertiary/aromatic N) is 2. The third-order valence-electron chi connectivity index (χ3n) is 4.43. The second-order valence-electron chi connectivity index (χ2n) is 6.95. The van der Waals surface area contributed by atoms with Crippen molar-refractivity contribution in [2.75, 3.05) is 23.4 Å². The van der Waals surface area contributed by atoms with Gasteiger partial charge in [0, 0.05) is 12.4 Å². The van der Waals surface area contributed by atoms with Crippen LogP contribution in [0.3, 0.4) is 0 Å². The maximum absolute atomic E-state index is 6.21. The number of nitrogens with two attached hydrogens (primary N) is 1. The summed E-state index contributed by atoms with van der Waals surface area (Å²) in [7, 11) is 0. The molecule has 0 bridgehead atoms. The van der Waals surface area contributed by atoms with Gasteiger partial charge in [0.25, 0.3) is 0 Å². The Bertz CT molecular complexity index is 649. The molecule has 1 aliphatic heterocycles. The summed E-state index contributed by atoms with van der Waals surface area (Å²) in [5.74, 6) is 0.825. The van der Waals surface area contributed by atoms with E-state index in [4.69, 9.17) is 31.5 Å². The van der Waals surface area contributed by atoms with Crippen LogP contribution in [0.15, 0.2) is 5.16 Å². The summed E-state index contributed by atoms with van der Waals surface area (Å²) in [6, 6.07) is -0.0318. The monoisotopic (exact) mass is 402 g/mol. The first-order valence-electron chi connectivity index (χ1n) is 9.04. The summed E-state index contributed by atoms with van der Waals surface area (Å²) in [6.07, 6.45) is 1.49. The van der Waals surface area contributed by atoms with Crippen LogP contribution < -0.4 is 11.1 Å². The predicted octanol–water partition coefficient (Wildman–Crippen LogP) is 3.32. The fourth-order valence-corrected chi connectivity index (χ4v) is 4.34. The molecule has 0 radical (unpaired) electrons. The number of hydrogen-bond acceptors (Lipinski definition) is 8. The number of anilines is 2. The molecule has 9 heteroatoms. The molecular weight excluding hydrogens is 376 g/mol. The minimum Gasteiger partial charge on any atom is -0.393 e. The minimum atomic E-state index is -0.637. The van der Waals surface area contributed by atoms with Crippen LogP contribution in [0.2, 0.25) is 5.15 Å². The van der Waals surface area contributed by atoms with Gasteiger partial charge in [-0.15, -0.1) is 0 Å². The molecule has 1 aromatic heterocycles. The van der Waals surface area contributed by atoms with Crippen molar-refractivity contribution >= 4 is 34.9 Å². The zero-order chi connectivity index (χ0) is 18.9. The molecule has 1 saturated carbocycles. The number of hydrogen-bond donors (Lipinski definition) is 2. The smallest absolute Gasteiger partial charge is 0.191 e. The number of ether oxygens (including phenoxy) is 3. The normalized spacial score (nSPS) is 29.7. The number of thioether (sulfide) groups is 1. The van der Waals surface area contributed by atoms with Crippen LogP contribution >= 0.6 is 23.4 Å². The van der Waals surface area contributed by atoms with Crippen molar-refractivity contribution in [1.29, 1.82) is 0 Å². The van der Waals surface area contributed by atoms with Gasteiger partial charge in [0.1, 0.15) is 17.9 Å². The quantitative estimate of drug-likeness (QED) is 0.407. The van der Waals surface area contributed by atoms with Gasteiger partial charge in [0.15, 0.2) is 21.9 Å². The van der Waals surface area contributed by atoms with Gasteiger partial charge in [-0.3, -0.25) is 0 Å². The number of rotatable bonds is 7. The largest absolute Gasteiger partial charge is 0.393 e. The van der Waals surface area contributed by atoms with Crippen LogP contribution in [0.4, 0.5) is 11.5 Å². The van der Waals surface area contributed by atoms with E-state index in [-0.39, 0.29) is 29.5 Å². The van der Waals surface area contributed by atoms with Crippen LogP contribution in [-0.2, 0) is 14.2 Å². The lowest BCUT2D eigenvalue weighted by atomic mass is 10.2.